The summed E-state index contributed by atoms with van der Waals surface area (Å²) in [5.74, 6) is -3.75. The highest BCUT2D eigenvalue weighted by atomic mass is 127. The molecule has 0 unspecified atom stereocenters. The molecule has 150 valence electrons. The van der Waals surface area contributed by atoms with Crippen molar-refractivity contribution in [1.82, 2.24) is 4.90 Å². The molecule has 0 bridgehead atoms. The van der Waals surface area contributed by atoms with Crippen LogP contribution in [-0.4, -0.2) is 29.6 Å². The summed E-state index contributed by atoms with van der Waals surface area (Å²) >= 11 is 1.92. The predicted molar refractivity (Wildman–Crippen MR) is 108 cm³/mol. The maximum absolute atomic E-state index is 14.5. The lowest BCUT2D eigenvalue weighted by Gasteiger charge is -2.44. The van der Waals surface area contributed by atoms with Gasteiger partial charge in [-0.25, -0.2) is 17.6 Å². The number of carbonyl (C=O) groups excluding carboxylic acids is 1. The summed E-state index contributed by atoms with van der Waals surface area (Å²) in [6.07, 6.45) is 1.91. The Labute approximate surface area is 174 Å². The molecule has 2 aromatic carbocycles. The smallest absolute Gasteiger partial charge is 0.256 e. The number of hydrogen-bond acceptors (Lipinski definition) is 2. The van der Waals surface area contributed by atoms with Gasteiger partial charge in [0.15, 0.2) is 11.6 Å². The van der Waals surface area contributed by atoms with Gasteiger partial charge >= 0.3 is 0 Å². The number of unbranched alkanes of at least 4 members (excludes halogenated alkanes) is 1. The van der Waals surface area contributed by atoms with Gasteiger partial charge in [-0.1, -0.05) is 19.8 Å². The number of halogens is 5. The number of nitrogens with zero attached hydrogens (tertiary/aromatic N) is 1. The van der Waals surface area contributed by atoms with Gasteiger partial charge in [-0.2, -0.15) is 0 Å². The summed E-state index contributed by atoms with van der Waals surface area (Å²) in [6.45, 7) is 1.76. The molecule has 1 heterocycles. The van der Waals surface area contributed by atoms with E-state index in [2.05, 4.69) is 5.32 Å². The Balaban J connectivity index is 1.86. The van der Waals surface area contributed by atoms with E-state index in [1.807, 2.05) is 29.5 Å². The third-order valence-corrected chi connectivity index (χ3v) is 5.40. The summed E-state index contributed by atoms with van der Waals surface area (Å²) in [4.78, 5) is 14.0. The Kier molecular flexibility index (Phi) is 6.16. The van der Waals surface area contributed by atoms with Gasteiger partial charge in [-0.3, -0.25) is 4.79 Å². The maximum atomic E-state index is 14.5. The number of rotatable bonds is 6. The van der Waals surface area contributed by atoms with Gasteiger partial charge in [-0.05, 0) is 59.3 Å². The Hall–Kier alpha value is -1.84. The van der Waals surface area contributed by atoms with Crippen LogP contribution in [0.3, 0.4) is 0 Å². The van der Waals surface area contributed by atoms with E-state index in [1.165, 1.54) is 17.0 Å². The molecule has 0 aliphatic carbocycles. The molecule has 0 saturated carbocycles. The van der Waals surface area contributed by atoms with Crippen LogP contribution in [0.2, 0.25) is 0 Å². The Bertz CT molecular complexity index is 900. The van der Waals surface area contributed by atoms with E-state index in [1.54, 1.807) is 6.07 Å². The van der Waals surface area contributed by atoms with Gasteiger partial charge in [-0.15, -0.1) is 0 Å². The van der Waals surface area contributed by atoms with Gasteiger partial charge in [0.05, 0.1) is 30.0 Å². The lowest BCUT2D eigenvalue weighted by Crippen LogP contribution is -2.60. The molecule has 28 heavy (non-hydrogen) atoms. The first-order valence-corrected chi connectivity index (χ1v) is 10.0. The molecule has 0 atom stereocenters. The number of alkyl halides is 1. The van der Waals surface area contributed by atoms with Crippen molar-refractivity contribution in [3.8, 4) is 0 Å². The number of amides is 1. The standard InChI is InChI=1S/C20H19F4IN2O/c1-2-3-8-20(24)10-27(11-20)19(28)13-5-6-14(21)17(23)18(13)26-16-7-4-12(25)9-15(16)22/h4-7,9,26H,2-3,8,10-11H2,1H3. The summed E-state index contributed by atoms with van der Waals surface area (Å²) in [6, 6.07) is 6.14. The highest BCUT2D eigenvalue weighted by Crippen LogP contribution is 2.35. The van der Waals surface area contributed by atoms with Crippen LogP contribution in [0, 0.1) is 21.0 Å². The van der Waals surface area contributed by atoms with Crippen LogP contribution in [0.15, 0.2) is 30.3 Å². The third kappa shape index (κ3) is 4.26. The number of nitrogens with one attached hydrogen (secondary N) is 1. The molecule has 2 aromatic rings. The average molecular weight is 506 g/mol. The van der Waals surface area contributed by atoms with Gasteiger partial charge in [0.2, 0.25) is 0 Å². The van der Waals surface area contributed by atoms with Crippen LogP contribution in [0.25, 0.3) is 0 Å². The summed E-state index contributed by atoms with van der Waals surface area (Å²) in [7, 11) is 0. The van der Waals surface area contributed by atoms with Gasteiger partial charge < -0.3 is 10.2 Å². The molecular weight excluding hydrogens is 487 g/mol. The van der Waals surface area contributed by atoms with Crippen LogP contribution in [0.5, 0.6) is 0 Å². The highest BCUT2D eigenvalue weighted by Gasteiger charge is 2.45. The zero-order valence-electron chi connectivity index (χ0n) is 15.2. The Morgan fingerprint density at radius 3 is 2.54 bits per heavy atom. The van der Waals surface area contributed by atoms with Crippen LogP contribution >= 0.6 is 22.6 Å². The molecule has 1 aliphatic heterocycles. The molecule has 8 heteroatoms. The van der Waals surface area contributed by atoms with E-state index in [9.17, 15) is 22.4 Å². The first-order valence-electron chi connectivity index (χ1n) is 8.92. The SMILES string of the molecule is CCCCC1(F)CN(C(=O)c2ccc(F)c(F)c2Nc2ccc(I)cc2F)C1. The van der Waals surface area contributed by atoms with Crippen molar-refractivity contribution in [1.29, 1.82) is 0 Å². The van der Waals surface area contributed by atoms with Gasteiger partial charge in [0.1, 0.15) is 11.5 Å². The van der Waals surface area contributed by atoms with Crippen molar-refractivity contribution in [2.24, 2.45) is 0 Å². The maximum Gasteiger partial charge on any atom is 0.256 e. The second-order valence-corrected chi connectivity index (χ2v) is 8.19. The summed E-state index contributed by atoms with van der Waals surface area (Å²) in [5.41, 5.74) is -2.17. The van der Waals surface area contributed by atoms with E-state index in [0.717, 1.165) is 18.6 Å². The van der Waals surface area contributed by atoms with Crippen molar-refractivity contribution in [3.05, 3.63) is 56.9 Å². The molecule has 0 spiro atoms. The molecule has 1 saturated heterocycles. The van der Waals surface area contributed by atoms with Gasteiger partial charge in [0.25, 0.3) is 5.91 Å². The lowest BCUT2D eigenvalue weighted by atomic mass is 9.89. The predicted octanol–water partition coefficient (Wildman–Crippen LogP) is 5.81. The number of likely N-dealkylation sites (tertiary alicyclic amines) is 1. The largest absolute Gasteiger partial charge is 0.350 e. The Morgan fingerprint density at radius 1 is 1.18 bits per heavy atom. The zero-order valence-corrected chi connectivity index (χ0v) is 17.3. The van der Waals surface area contributed by atoms with E-state index >= 15 is 0 Å². The van der Waals surface area contributed by atoms with Crippen molar-refractivity contribution in [2.45, 2.75) is 31.9 Å². The minimum absolute atomic E-state index is 0.0923. The minimum atomic E-state index is -1.44. The van der Waals surface area contributed by atoms with Gasteiger partial charge in [0, 0.05) is 3.57 Å². The fraction of sp³-hybridized carbons (Fsp3) is 0.350. The first kappa shape index (κ1) is 20.9. The fourth-order valence-corrected chi connectivity index (χ4v) is 3.63. The summed E-state index contributed by atoms with van der Waals surface area (Å²) in [5, 5.41) is 2.48. The van der Waals surface area contributed by atoms with Crippen LogP contribution < -0.4 is 5.32 Å². The Morgan fingerprint density at radius 2 is 1.89 bits per heavy atom. The highest BCUT2D eigenvalue weighted by molar-refractivity contribution is 14.1. The molecule has 0 radical (unpaired) electrons. The van der Waals surface area contributed by atoms with Crippen LogP contribution in [-0.2, 0) is 0 Å². The van der Waals surface area contributed by atoms with Crippen LogP contribution in [0.4, 0.5) is 28.9 Å². The van der Waals surface area contributed by atoms with Crippen molar-refractivity contribution in [3.63, 3.8) is 0 Å². The summed E-state index contributed by atoms with van der Waals surface area (Å²) < 4.78 is 57.4. The monoisotopic (exact) mass is 506 g/mol. The topological polar surface area (TPSA) is 32.3 Å². The molecule has 3 nitrogen and oxygen atoms in total. The van der Waals surface area contributed by atoms with E-state index in [4.69, 9.17) is 0 Å². The number of carbonyl (C=O) groups is 1. The quantitative estimate of drug-likeness (QED) is 0.397. The molecule has 1 N–H and O–H groups in total. The van der Waals surface area contributed by atoms with Crippen molar-refractivity contribution >= 4 is 39.9 Å². The average Bonchev–Trinajstić information content (AvgIpc) is 2.63. The molecule has 0 aromatic heterocycles. The van der Waals surface area contributed by atoms with E-state index in [0.29, 0.717) is 16.4 Å². The van der Waals surface area contributed by atoms with Crippen molar-refractivity contribution in [2.75, 3.05) is 18.4 Å². The molecule has 1 fully saturated rings. The first-order chi connectivity index (χ1) is 13.2. The van der Waals surface area contributed by atoms with E-state index in [-0.39, 0.29) is 24.3 Å². The normalized spacial score (nSPS) is 15.3. The van der Waals surface area contributed by atoms with E-state index < -0.39 is 34.7 Å². The zero-order chi connectivity index (χ0) is 20.5. The molecular formula is C20H19F4IN2O. The molecule has 3 rings (SSSR count). The second-order valence-electron chi connectivity index (χ2n) is 6.95. The third-order valence-electron chi connectivity index (χ3n) is 4.73. The number of anilines is 2. The minimum Gasteiger partial charge on any atom is -0.350 e. The van der Waals surface area contributed by atoms with Crippen molar-refractivity contribution < 1.29 is 22.4 Å². The number of hydrogen-bond donors (Lipinski definition) is 1. The second kappa shape index (κ2) is 8.26. The molecule has 1 aliphatic rings. The lowest BCUT2D eigenvalue weighted by molar-refractivity contribution is -0.0257. The fourth-order valence-electron chi connectivity index (χ4n) is 3.18. The molecule has 1 amide bonds. The number of benzene rings is 2. The van der Waals surface area contributed by atoms with Crippen LogP contribution in [0.1, 0.15) is 36.5 Å².